The number of aliphatic hydroxyl groups is 1. The minimum atomic E-state index is -0.563. The number of halogens is 1. The molecule has 1 atom stereocenters. The molecular weight excluding hydrogens is 253 g/mol. The van der Waals surface area contributed by atoms with Gasteiger partial charge in [0.1, 0.15) is 5.82 Å². The summed E-state index contributed by atoms with van der Waals surface area (Å²) in [6, 6.07) is 14.5. The molecule has 0 saturated carbocycles. The lowest BCUT2D eigenvalue weighted by atomic mass is 10.1. The van der Waals surface area contributed by atoms with Crippen molar-refractivity contribution < 1.29 is 9.50 Å². The fraction of sp³-hybridized carbons (Fsp3) is 0.294. The Bertz CT molecular complexity index is 553. The molecule has 0 saturated heterocycles. The maximum atomic E-state index is 13.6. The Kier molecular flexibility index (Phi) is 4.88. The van der Waals surface area contributed by atoms with Gasteiger partial charge in [-0.15, -0.1) is 0 Å². The highest BCUT2D eigenvalue weighted by molar-refractivity contribution is 5.23. The summed E-state index contributed by atoms with van der Waals surface area (Å²) in [4.78, 5) is 1.92. The molecule has 0 fully saturated rings. The Morgan fingerprint density at radius 1 is 1.10 bits per heavy atom. The molecule has 2 aromatic carbocycles. The lowest BCUT2D eigenvalue weighted by Crippen LogP contribution is -2.24. The summed E-state index contributed by atoms with van der Waals surface area (Å²) in [5.41, 5.74) is 2.70. The van der Waals surface area contributed by atoms with Gasteiger partial charge in [0.15, 0.2) is 0 Å². The summed E-state index contributed by atoms with van der Waals surface area (Å²) < 4.78 is 13.6. The Hall–Kier alpha value is -1.71. The molecule has 2 rings (SSSR count). The fourth-order valence-corrected chi connectivity index (χ4v) is 2.17. The van der Waals surface area contributed by atoms with Crippen molar-refractivity contribution in [1.29, 1.82) is 0 Å². The minimum absolute atomic E-state index is 0.204. The third-order valence-electron chi connectivity index (χ3n) is 3.34. The van der Waals surface area contributed by atoms with E-state index in [9.17, 15) is 9.50 Å². The quantitative estimate of drug-likeness (QED) is 0.903. The first kappa shape index (κ1) is 14.7. The van der Waals surface area contributed by atoms with Crippen LogP contribution in [-0.4, -0.2) is 23.6 Å². The average Bonchev–Trinajstić information content (AvgIpc) is 2.42. The van der Waals surface area contributed by atoms with Gasteiger partial charge in [0.25, 0.3) is 0 Å². The molecule has 2 aromatic rings. The zero-order valence-corrected chi connectivity index (χ0v) is 11.9. The molecule has 1 unspecified atom stereocenters. The van der Waals surface area contributed by atoms with E-state index < -0.39 is 6.10 Å². The third-order valence-corrected chi connectivity index (χ3v) is 3.34. The van der Waals surface area contributed by atoms with Gasteiger partial charge in [0, 0.05) is 18.7 Å². The molecular formula is C17H20FNO. The molecule has 1 N–H and O–H groups in total. The van der Waals surface area contributed by atoms with Crippen molar-refractivity contribution in [2.75, 3.05) is 13.6 Å². The van der Waals surface area contributed by atoms with E-state index in [-0.39, 0.29) is 5.82 Å². The van der Waals surface area contributed by atoms with Crippen molar-refractivity contribution in [3.05, 3.63) is 71.0 Å². The lowest BCUT2D eigenvalue weighted by molar-refractivity contribution is 0.123. The molecule has 0 bridgehead atoms. The molecule has 0 heterocycles. The van der Waals surface area contributed by atoms with Gasteiger partial charge >= 0.3 is 0 Å². The maximum Gasteiger partial charge on any atom is 0.127 e. The van der Waals surface area contributed by atoms with Crippen LogP contribution >= 0.6 is 0 Å². The van der Waals surface area contributed by atoms with Crippen molar-refractivity contribution in [2.45, 2.75) is 19.6 Å². The van der Waals surface area contributed by atoms with Crippen LogP contribution in [0, 0.1) is 12.7 Å². The topological polar surface area (TPSA) is 23.5 Å². The first-order valence-corrected chi connectivity index (χ1v) is 6.73. The van der Waals surface area contributed by atoms with Gasteiger partial charge < -0.3 is 5.11 Å². The normalized spacial score (nSPS) is 12.7. The standard InChI is InChI=1S/C17H20FNO/c1-13-7-9-14(10-8-13)17(20)12-19(2)11-15-5-3-4-6-16(15)18/h3-10,17,20H,11-12H2,1-2H3. The maximum absolute atomic E-state index is 13.6. The second-order valence-electron chi connectivity index (χ2n) is 5.21. The molecule has 0 spiro atoms. The first-order valence-electron chi connectivity index (χ1n) is 6.73. The van der Waals surface area contributed by atoms with Crippen molar-refractivity contribution in [3.8, 4) is 0 Å². The molecule has 0 aliphatic heterocycles. The van der Waals surface area contributed by atoms with Crippen LogP contribution in [-0.2, 0) is 6.54 Å². The van der Waals surface area contributed by atoms with Crippen LogP contribution in [0.1, 0.15) is 22.8 Å². The predicted molar refractivity (Wildman–Crippen MR) is 78.9 cm³/mol. The Morgan fingerprint density at radius 2 is 1.75 bits per heavy atom. The highest BCUT2D eigenvalue weighted by Crippen LogP contribution is 2.16. The Morgan fingerprint density at radius 3 is 2.40 bits per heavy atom. The van der Waals surface area contributed by atoms with Crippen LogP contribution < -0.4 is 0 Å². The van der Waals surface area contributed by atoms with Gasteiger partial charge in [0.05, 0.1) is 6.10 Å². The van der Waals surface area contributed by atoms with Gasteiger partial charge in [-0.1, -0.05) is 48.0 Å². The van der Waals surface area contributed by atoms with Gasteiger partial charge in [-0.2, -0.15) is 0 Å². The van der Waals surface area contributed by atoms with Crippen LogP contribution in [0.2, 0.25) is 0 Å². The number of hydrogen-bond acceptors (Lipinski definition) is 2. The van der Waals surface area contributed by atoms with Crippen LogP contribution in [0.5, 0.6) is 0 Å². The number of benzene rings is 2. The van der Waals surface area contributed by atoms with E-state index in [1.807, 2.05) is 49.2 Å². The minimum Gasteiger partial charge on any atom is -0.387 e. The molecule has 0 aliphatic rings. The van der Waals surface area contributed by atoms with Crippen LogP contribution in [0.4, 0.5) is 4.39 Å². The summed E-state index contributed by atoms with van der Waals surface area (Å²) in [6.45, 7) is 2.97. The van der Waals surface area contributed by atoms with Crippen LogP contribution in [0.3, 0.4) is 0 Å². The second kappa shape index (κ2) is 6.64. The summed E-state index contributed by atoms with van der Waals surface area (Å²) in [7, 11) is 1.88. The van der Waals surface area contributed by atoms with Crippen molar-refractivity contribution >= 4 is 0 Å². The summed E-state index contributed by atoms with van der Waals surface area (Å²) in [6.07, 6.45) is -0.563. The predicted octanol–water partition coefficient (Wildman–Crippen LogP) is 3.30. The molecule has 2 nitrogen and oxygen atoms in total. The molecule has 0 aliphatic carbocycles. The summed E-state index contributed by atoms with van der Waals surface area (Å²) in [5, 5.41) is 10.2. The number of likely N-dealkylation sites (N-methyl/N-ethyl adjacent to an activating group) is 1. The van der Waals surface area contributed by atoms with E-state index in [4.69, 9.17) is 0 Å². The van der Waals surface area contributed by atoms with Crippen molar-refractivity contribution in [2.24, 2.45) is 0 Å². The molecule has 0 amide bonds. The largest absolute Gasteiger partial charge is 0.387 e. The zero-order valence-electron chi connectivity index (χ0n) is 11.9. The molecule has 3 heteroatoms. The van der Waals surface area contributed by atoms with Crippen LogP contribution in [0.25, 0.3) is 0 Å². The number of aryl methyl sites for hydroxylation is 1. The highest BCUT2D eigenvalue weighted by Gasteiger charge is 2.12. The number of aliphatic hydroxyl groups excluding tert-OH is 1. The monoisotopic (exact) mass is 273 g/mol. The van der Waals surface area contributed by atoms with E-state index in [1.54, 1.807) is 12.1 Å². The van der Waals surface area contributed by atoms with E-state index in [0.29, 0.717) is 18.7 Å². The van der Waals surface area contributed by atoms with Crippen molar-refractivity contribution in [1.82, 2.24) is 4.90 Å². The Labute approximate surface area is 119 Å². The second-order valence-corrected chi connectivity index (χ2v) is 5.21. The smallest absolute Gasteiger partial charge is 0.127 e. The van der Waals surface area contributed by atoms with E-state index in [0.717, 1.165) is 5.56 Å². The number of hydrogen-bond donors (Lipinski definition) is 1. The van der Waals surface area contributed by atoms with Gasteiger partial charge in [-0.05, 0) is 25.6 Å². The van der Waals surface area contributed by atoms with Gasteiger partial charge in [0.2, 0.25) is 0 Å². The number of nitrogens with zero attached hydrogens (tertiary/aromatic N) is 1. The van der Waals surface area contributed by atoms with E-state index >= 15 is 0 Å². The van der Waals surface area contributed by atoms with Gasteiger partial charge in [-0.3, -0.25) is 4.90 Å². The van der Waals surface area contributed by atoms with E-state index in [2.05, 4.69) is 0 Å². The fourth-order valence-electron chi connectivity index (χ4n) is 2.17. The van der Waals surface area contributed by atoms with Crippen LogP contribution in [0.15, 0.2) is 48.5 Å². The zero-order chi connectivity index (χ0) is 14.5. The summed E-state index contributed by atoms with van der Waals surface area (Å²) >= 11 is 0. The van der Waals surface area contributed by atoms with Crippen molar-refractivity contribution in [3.63, 3.8) is 0 Å². The Balaban J connectivity index is 1.96. The molecule has 0 radical (unpaired) electrons. The number of rotatable bonds is 5. The summed E-state index contributed by atoms with van der Waals surface area (Å²) in [5.74, 6) is -0.204. The average molecular weight is 273 g/mol. The first-order chi connectivity index (χ1) is 9.56. The van der Waals surface area contributed by atoms with Gasteiger partial charge in [-0.25, -0.2) is 4.39 Å². The molecule has 0 aromatic heterocycles. The lowest BCUT2D eigenvalue weighted by Gasteiger charge is -2.21. The molecule has 20 heavy (non-hydrogen) atoms. The SMILES string of the molecule is Cc1ccc(C(O)CN(C)Cc2ccccc2F)cc1. The highest BCUT2D eigenvalue weighted by atomic mass is 19.1. The third kappa shape index (κ3) is 3.89. The van der Waals surface area contributed by atoms with E-state index in [1.165, 1.54) is 11.6 Å². The molecule has 106 valence electrons.